The Morgan fingerprint density at radius 1 is 1.03 bits per heavy atom. The molecule has 0 aromatic rings. The van der Waals surface area contributed by atoms with Crippen molar-refractivity contribution in [3.8, 4) is 0 Å². The van der Waals surface area contributed by atoms with E-state index in [4.69, 9.17) is 0 Å². The first-order chi connectivity index (χ1) is 16.5. The SMILES string of the molecule is CC(C)CCC[C@H](C)[C@H]1CC[C@H]2[C@@H]3CC=C4C[C@@H](SC(=O)[C@@H](Br)C(C)C)CC[C@]4(C)[C@H]3CC[C@]12C. The van der Waals surface area contributed by atoms with Crippen LogP contribution in [0.3, 0.4) is 0 Å². The molecular formula is C32H53BrOS. The van der Waals surface area contributed by atoms with Gasteiger partial charge in [0.15, 0.2) is 0 Å². The Balaban J connectivity index is 1.43. The van der Waals surface area contributed by atoms with Crippen molar-refractivity contribution in [1.82, 2.24) is 0 Å². The Labute approximate surface area is 229 Å². The third kappa shape index (κ3) is 5.53. The van der Waals surface area contributed by atoms with Crippen LogP contribution in [0.5, 0.6) is 0 Å². The average Bonchev–Trinajstić information content (AvgIpc) is 3.15. The lowest BCUT2D eigenvalue weighted by Crippen LogP contribution is -2.50. The van der Waals surface area contributed by atoms with Crippen molar-refractivity contribution in [2.45, 2.75) is 129 Å². The lowest BCUT2D eigenvalue weighted by molar-refractivity contribution is -0.111. The van der Waals surface area contributed by atoms with Crippen molar-refractivity contribution in [1.29, 1.82) is 0 Å². The Hall–Kier alpha value is 0.240. The minimum atomic E-state index is -0.00961. The van der Waals surface area contributed by atoms with E-state index in [0.717, 1.165) is 41.9 Å². The highest BCUT2D eigenvalue weighted by atomic mass is 79.9. The van der Waals surface area contributed by atoms with Gasteiger partial charge >= 0.3 is 0 Å². The monoisotopic (exact) mass is 564 g/mol. The van der Waals surface area contributed by atoms with Crippen LogP contribution in [0.15, 0.2) is 11.6 Å². The van der Waals surface area contributed by atoms with E-state index < -0.39 is 0 Å². The molecule has 4 aliphatic carbocycles. The van der Waals surface area contributed by atoms with Crippen LogP contribution >= 0.6 is 27.7 Å². The first-order valence-corrected chi connectivity index (χ1v) is 16.8. The summed E-state index contributed by atoms with van der Waals surface area (Å²) >= 11 is 5.28. The average molecular weight is 566 g/mol. The molecule has 9 atom stereocenters. The molecule has 0 unspecified atom stereocenters. The molecule has 0 saturated heterocycles. The van der Waals surface area contributed by atoms with Crippen molar-refractivity contribution in [3.63, 3.8) is 0 Å². The zero-order valence-corrected chi connectivity index (χ0v) is 26.1. The minimum Gasteiger partial charge on any atom is -0.286 e. The standard InChI is InChI=1S/C32H53BrOS/c1-20(2)9-8-10-22(5)26-13-14-27-25-12-11-23-19-24(35-30(34)29(33)21(3)4)15-17-31(23,6)28(25)16-18-32(26,27)7/h11,20-22,24-29H,8-10,12-19H2,1-7H3/t22-,24-,25-,26+,27-,28-,29-,31-,32+/m0/s1. The molecule has 35 heavy (non-hydrogen) atoms. The molecule has 0 spiro atoms. The van der Waals surface area contributed by atoms with Gasteiger partial charge < -0.3 is 0 Å². The molecule has 4 aliphatic rings. The second-order valence-electron chi connectivity index (χ2n) is 14.2. The molecular weight excluding hydrogens is 512 g/mol. The van der Waals surface area contributed by atoms with Gasteiger partial charge in [0, 0.05) is 5.25 Å². The smallest absolute Gasteiger partial charge is 0.203 e. The number of rotatable bonds is 8. The minimum absolute atomic E-state index is 0.00961. The van der Waals surface area contributed by atoms with Gasteiger partial charge in [0.1, 0.15) is 0 Å². The number of hydrogen-bond donors (Lipinski definition) is 0. The summed E-state index contributed by atoms with van der Waals surface area (Å²) in [5, 5.41) is 0.824. The molecule has 1 nitrogen and oxygen atoms in total. The van der Waals surface area contributed by atoms with E-state index in [0.29, 0.717) is 27.1 Å². The predicted molar refractivity (Wildman–Crippen MR) is 157 cm³/mol. The number of allylic oxidation sites excluding steroid dienone is 2. The number of carbonyl (C=O) groups excluding carboxylic acids is 1. The van der Waals surface area contributed by atoms with E-state index >= 15 is 0 Å². The van der Waals surface area contributed by atoms with E-state index in [9.17, 15) is 4.79 Å². The van der Waals surface area contributed by atoms with Gasteiger partial charge in [0.2, 0.25) is 5.12 Å². The van der Waals surface area contributed by atoms with E-state index in [2.05, 4.69) is 70.5 Å². The van der Waals surface area contributed by atoms with Crippen molar-refractivity contribution < 1.29 is 4.79 Å². The molecule has 3 fully saturated rings. The molecule has 0 heterocycles. The Kier molecular flexibility index (Phi) is 9.00. The Bertz CT molecular complexity index is 788. The molecule has 0 bridgehead atoms. The molecule has 0 aromatic carbocycles. The van der Waals surface area contributed by atoms with E-state index in [-0.39, 0.29) is 4.83 Å². The summed E-state index contributed by atoms with van der Waals surface area (Å²) in [5.41, 5.74) is 2.67. The van der Waals surface area contributed by atoms with Gasteiger partial charge in [-0.2, -0.15) is 0 Å². The topological polar surface area (TPSA) is 17.1 Å². The summed E-state index contributed by atoms with van der Waals surface area (Å²) in [6.07, 6.45) is 17.7. The van der Waals surface area contributed by atoms with Gasteiger partial charge in [-0.15, -0.1) is 0 Å². The number of hydrogen-bond acceptors (Lipinski definition) is 2. The number of halogens is 1. The zero-order chi connectivity index (χ0) is 25.5. The highest BCUT2D eigenvalue weighted by Gasteiger charge is 2.59. The fourth-order valence-corrected chi connectivity index (χ4v) is 10.8. The number of fused-ring (bicyclic) bond motifs is 5. The third-order valence-electron chi connectivity index (χ3n) is 11.4. The second kappa shape index (κ2) is 11.2. The van der Waals surface area contributed by atoms with Crippen molar-refractivity contribution in [2.24, 2.45) is 52.3 Å². The highest BCUT2D eigenvalue weighted by Crippen LogP contribution is 2.67. The van der Waals surface area contributed by atoms with Crippen molar-refractivity contribution in [2.75, 3.05) is 0 Å². The van der Waals surface area contributed by atoms with E-state index in [1.54, 1.807) is 17.3 Å². The maximum absolute atomic E-state index is 12.8. The number of carbonyl (C=O) groups is 1. The normalized spacial score (nSPS) is 40.6. The van der Waals surface area contributed by atoms with E-state index in [1.165, 1.54) is 64.2 Å². The van der Waals surface area contributed by atoms with Crippen LogP contribution in [0.1, 0.15) is 119 Å². The lowest BCUT2D eigenvalue weighted by atomic mass is 9.47. The van der Waals surface area contributed by atoms with Crippen LogP contribution in [-0.2, 0) is 4.79 Å². The third-order valence-corrected chi connectivity index (χ3v) is 14.4. The van der Waals surface area contributed by atoms with Crippen molar-refractivity contribution in [3.05, 3.63) is 11.6 Å². The summed E-state index contributed by atoms with van der Waals surface area (Å²) in [7, 11) is 0. The van der Waals surface area contributed by atoms with Crippen LogP contribution in [0, 0.1) is 52.3 Å². The molecule has 0 aromatic heterocycles. The second-order valence-corrected chi connectivity index (χ2v) is 16.5. The molecule has 3 heteroatoms. The zero-order valence-electron chi connectivity index (χ0n) is 23.7. The van der Waals surface area contributed by atoms with Gasteiger partial charge in [-0.25, -0.2) is 0 Å². The van der Waals surface area contributed by atoms with Gasteiger partial charge in [-0.3, -0.25) is 4.79 Å². The van der Waals surface area contributed by atoms with Crippen LogP contribution < -0.4 is 0 Å². The predicted octanol–water partition coefficient (Wildman–Crippen LogP) is 10.1. The lowest BCUT2D eigenvalue weighted by Gasteiger charge is -2.58. The van der Waals surface area contributed by atoms with Gasteiger partial charge in [-0.1, -0.05) is 107 Å². The van der Waals surface area contributed by atoms with Crippen molar-refractivity contribution >= 4 is 32.8 Å². The van der Waals surface area contributed by atoms with Crippen LogP contribution in [0.2, 0.25) is 0 Å². The fourth-order valence-electron chi connectivity index (χ4n) is 9.25. The summed E-state index contributed by atoms with van der Waals surface area (Å²) < 4.78 is 0. The molecule has 0 amide bonds. The molecule has 0 radical (unpaired) electrons. The van der Waals surface area contributed by atoms with Crippen LogP contribution in [0.4, 0.5) is 0 Å². The maximum Gasteiger partial charge on any atom is 0.203 e. The Morgan fingerprint density at radius 2 is 1.77 bits per heavy atom. The molecule has 0 N–H and O–H groups in total. The van der Waals surface area contributed by atoms with Crippen LogP contribution in [-0.4, -0.2) is 15.2 Å². The quantitative estimate of drug-likeness (QED) is 0.215. The fraction of sp³-hybridized carbons (Fsp3) is 0.906. The Morgan fingerprint density at radius 3 is 2.46 bits per heavy atom. The summed E-state index contributed by atoms with van der Waals surface area (Å²) in [6.45, 7) is 16.9. The largest absolute Gasteiger partial charge is 0.286 e. The van der Waals surface area contributed by atoms with E-state index in [1.807, 2.05) is 0 Å². The summed E-state index contributed by atoms with van der Waals surface area (Å²) in [5.74, 6) is 5.74. The molecule has 200 valence electrons. The van der Waals surface area contributed by atoms with Gasteiger partial charge in [-0.05, 0) is 104 Å². The van der Waals surface area contributed by atoms with Crippen LogP contribution in [0.25, 0.3) is 0 Å². The highest BCUT2D eigenvalue weighted by molar-refractivity contribution is 9.10. The molecule has 4 rings (SSSR count). The van der Waals surface area contributed by atoms with Gasteiger partial charge in [0.05, 0.1) is 4.83 Å². The first kappa shape index (κ1) is 28.3. The molecule has 3 saturated carbocycles. The first-order valence-electron chi connectivity index (χ1n) is 15.0. The summed E-state index contributed by atoms with van der Waals surface area (Å²) in [4.78, 5) is 12.8. The summed E-state index contributed by atoms with van der Waals surface area (Å²) in [6, 6.07) is 0. The van der Waals surface area contributed by atoms with Gasteiger partial charge in [0.25, 0.3) is 0 Å². The number of alkyl halides is 1. The molecule has 0 aliphatic heterocycles. The maximum atomic E-state index is 12.8. The number of thioether (sulfide) groups is 1.